The number of nitrogens with zero attached hydrogens (tertiary/aromatic N) is 1. The third kappa shape index (κ3) is 5.10. The lowest BCUT2D eigenvalue weighted by atomic mass is 10.1. The lowest BCUT2D eigenvalue weighted by Gasteiger charge is -2.15. The second-order valence-electron chi connectivity index (χ2n) is 6.32. The number of nitrogens with one attached hydrogen (secondary N) is 2. The molecule has 1 aromatic rings. The van der Waals surface area contributed by atoms with Crippen LogP contribution >= 0.6 is 11.6 Å². The van der Waals surface area contributed by atoms with Crippen LogP contribution in [0.15, 0.2) is 18.2 Å². The quantitative estimate of drug-likeness (QED) is 0.533. The number of amides is 4. The second kappa shape index (κ2) is 8.26. The van der Waals surface area contributed by atoms with Gasteiger partial charge in [0, 0.05) is 11.6 Å². The fourth-order valence-electron chi connectivity index (χ4n) is 2.41. The number of hydrogen-bond donors (Lipinski definition) is 2. The van der Waals surface area contributed by atoms with Crippen molar-refractivity contribution in [2.24, 2.45) is 0 Å². The van der Waals surface area contributed by atoms with Gasteiger partial charge in [-0.25, -0.2) is 4.79 Å². The van der Waals surface area contributed by atoms with Crippen LogP contribution in [0.25, 0.3) is 0 Å². The summed E-state index contributed by atoms with van der Waals surface area (Å²) < 4.78 is 9.97. The van der Waals surface area contributed by atoms with E-state index in [0.717, 1.165) is 4.90 Å². The number of esters is 1. The van der Waals surface area contributed by atoms with Gasteiger partial charge in [0.1, 0.15) is 11.3 Å². The van der Waals surface area contributed by atoms with E-state index < -0.39 is 36.0 Å². The molecule has 2 N–H and O–H groups in total. The third-order valence-electron chi connectivity index (χ3n) is 3.78. The van der Waals surface area contributed by atoms with E-state index in [0.29, 0.717) is 16.5 Å². The van der Waals surface area contributed by atoms with Crippen molar-refractivity contribution in [3.63, 3.8) is 0 Å². The summed E-state index contributed by atoms with van der Waals surface area (Å²) in [7, 11) is 1.44. The van der Waals surface area contributed by atoms with Crippen LogP contribution in [0.3, 0.4) is 0 Å². The predicted octanol–water partition coefficient (Wildman–Crippen LogP) is 1.55. The normalized spacial score (nSPS) is 15.3. The molecule has 2 rings (SSSR count). The van der Waals surface area contributed by atoms with Crippen molar-refractivity contribution >= 4 is 41.1 Å². The Morgan fingerprint density at radius 2 is 2.00 bits per heavy atom. The van der Waals surface area contributed by atoms with Crippen LogP contribution in [0.4, 0.5) is 10.5 Å². The zero-order valence-corrected chi connectivity index (χ0v) is 15.9. The zero-order valence-electron chi connectivity index (χ0n) is 15.1. The number of carbonyl (C=O) groups is 4. The van der Waals surface area contributed by atoms with Crippen molar-refractivity contribution in [3.8, 4) is 5.75 Å². The maximum Gasteiger partial charge on any atom is 0.325 e. The van der Waals surface area contributed by atoms with Crippen molar-refractivity contribution in [2.45, 2.75) is 25.8 Å². The van der Waals surface area contributed by atoms with Crippen LogP contribution in [-0.2, 0) is 19.1 Å². The molecule has 0 aromatic heterocycles. The lowest BCUT2D eigenvalue weighted by Crippen LogP contribution is -2.40. The Bertz CT molecular complexity index is 780. The average Bonchev–Trinajstić information content (AvgIpc) is 2.79. The van der Waals surface area contributed by atoms with Crippen molar-refractivity contribution in [2.75, 3.05) is 25.6 Å². The molecule has 0 bridgehead atoms. The average molecular weight is 398 g/mol. The summed E-state index contributed by atoms with van der Waals surface area (Å²) in [6.45, 7) is 2.48. The molecule has 0 radical (unpaired) electrons. The SMILES string of the molecule is COc1ccc(Cl)cc1NC(=O)COC(=O)CCN1C(=O)NC(C)(C)C1=O. The van der Waals surface area contributed by atoms with Crippen molar-refractivity contribution < 1.29 is 28.7 Å². The Balaban J connectivity index is 1.80. The van der Waals surface area contributed by atoms with Gasteiger partial charge < -0.3 is 20.1 Å². The molecule has 0 saturated carbocycles. The van der Waals surface area contributed by atoms with Crippen molar-refractivity contribution in [1.29, 1.82) is 0 Å². The van der Waals surface area contributed by atoms with E-state index in [4.69, 9.17) is 21.1 Å². The zero-order chi connectivity index (χ0) is 20.2. The Morgan fingerprint density at radius 1 is 1.30 bits per heavy atom. The Hall–Kier alpha value is -2.81. The fraction of sp³-hybridized carbons (Fsp3) is 0.412. The molecular weight excluding hydrogens is 378 g/mol. The first-order valence-electron chi connectivity index (χ1n) is 8.07. The standard InChI is InChI=1S/C17H20ClN3O6/c1-17(2)15(24)21(16(25)20-17)7-6-14(23)27-9-13(22)19-11-8-10(18)4-5-12(11)26-3/h4-5,8H,6-7,9H2,1-3H3,(H,19,22)(H,20,25). The maximum atomic E-state index is 12.0. The maximum absolute atomic E-state index is 12.0. The molecule has 0 atom stereocenters. The van der Waals surface area contributed by atoms with Crippen LogP contribution in [-0.4, -0.2) is 54.5 Å². The lowest BCUT2D eigenvalue weighted by molar-refractivity contribution is -0.147. The van der Waals surface area contributed by atoms with Crippen LogP contribution in [0.5, 0.6) is 5.75 Å². The minimum absolute atomic E-state index is 0.128. The number of methoxy groups -OCH3 is 1. The third-order valence-corrected chi connectivity index (χ3v) is 4.02. The van der Waals surface area contributed by atoms with Gasteiger partial charge in [0.25, 0.3) is 11.8 Å². The van der Waals surface area contributed by atoms with Gasteiger partial charge in [-0.1, -0.05) is 11.6 Å². The molecule has 1 heterocycles. The molecule has 1 aromatic carbocycles. The number of anilines is 1. The summed E-state index contributed by atoms with van der Waals surface area (Å²) in [4.78, 5) is 48.4. The molecule has 4 amide bonds. The molecule has 1 aliphatic rings. The van der Waals surface area contributed by atoms with Crippen LogP contribution in [0.2, 0.25) is 5.02 Å². The highest BCUT2D eigenvalue weighted by Gasteiger charge is 2.44. The summed E-state index contributed by atoms with van der Waals surface area (Å²) >= 11 is 5.87. The largest absolute Gasteiger partial charge is 0.495 e. The number of rotatable bonds is 7. The summed E-state index contributed by atoms with van der Waals surface area (Å²) in [5, 5.41) is 5.44. The highest BCUT2D eigenvalue weighted by Crippen LogP contribution is 2.27. The summed E-state index contributed by atoms with van der Waals surface area (Å²) in [5.41, 5.74) is -0.663. The molecule has 1 fully saturated rings. The van der Waals surface area contributed by atoms with Crippen molar-refractivity contribution in [3.05, 3.63) is 23.2 Å². The first-order chi connectivity index (χ1) is 12.6. The number of ether oxygens (including phenoxy) is 2. The minimum atomic E-state index is -1.00. The molecule has 0 unspecified atom stereocenters. The van der Waals surface area contributed by atoms with E-state index >= 15 is 0 Å². The number of halogens is 1. The highest BCUT2D eigenvalue weighted by molar-refractivity contribution is 6.31. The number of benzene rings is 1. The van der Waals surface area contributed by atoms with E-state index in [1.165, 1.54) is 13.2 Å². The van der Waals surface area contributed by atoms with Gasteiger partial charge in [0.15, 0.2) is 6.61 Å². The molecular formula is C17H20ClN3O6. The molecule has 1 saturated heterocycles. The Kier molecular flexibility index (Phi) is 6.27. The first-order valence-corrected chi connectivity index (χ1v) is 8.45. The van der Waals surface area contributed by atoms with Crippen LogP contribution in [0, 0.1) is 0 Å². The predicted molar refractivity (Wildman–Crippen MR) is 96.5 cm³/mol. The van der Waals surface area contributed by atoms with Gasteiger partial charge in [-0.2, -0.15) is 0 Å². The number of hydrogen-bond acceptors (Lipinski definition) is 6. The monoisotopic (exact) mass is 397 g/mol. The molecule has 0 spiro atoms. The van der Waals surface area contributed by atoms with E-state index in [2.05, 4.69) is 10.6 Å². The molecule has 9 nitrogen and oxygen atoms in total. The Morgan fingerprint density at radius 3 is 2.59 bits per heavy atom. The van der Waals surface area contributed by atoms with E-state index in [9.17, 15) is 19.2 Å². The van der Waals surface area contributed by atoms with E-state index in [1.54, 1.807) is 26.0 Å². The van der Waals surface area contributed by atoms with Gasteiger partial charge in [-0.15, -0.1) is 0 Å². The summed E-state index contributed by atoms with van der Waals surface area (Å²) in [6, 6.07) is 4.12. The van der Waals surface area contributed by atoms with Crippen LogP contribution in [0.1, 0.15) is 20.3 Å². The smallest absolute Gasteiger partial charge is 0.325 e. The number of carbonyl (C=O) groups excluding carboxylic acids is 4. The fourth-order valence-corrected chi connectivity index (χ4v) is 2.58. The first kappa shape index (κ1) is 20.5. The minimum Gasteiger partial charge on any atom is -0.495 e. The molecule has 146 valence electrons. The molecule has 27 heavy (non-hydrogen) atoms. The van der Waals surface area contributed by atoms with E-state index in [-0.39, 0.29) is 13.0 Å². The number of urea groups is 1. The topological polar surface area (TPSA) is 114 Å². The Labute approximate surface area is 160 Å². The van der Waals surface area contributed by atoms with Crippen LogP contribution < -0.4 is 15.4 Å². The van der Waals surface area contributed by atoms with Gasteiger partial charge >= 0.3 is 12.0 Å². The van der Waals surface area contributed by atoms with E-state index in [1.807, 2.05) is 0 Å². The molecule has 1 aliphatic heterocycles. The van der Waals surface area contributed by atoms with Gasteiger partial charge in [-0.3, -0.25) is 19.3 Å². The summed E-state index contributed by atoms with van der Waals surface area (Å²) in [5.74, 6) is -1.32. The van der Waals surface area contributed by atoms with Crippen molar-refractivity contribution in [1.82, 2.24) is 10.2 Å². The summed E-state index contributed by atoms with van der Waals surface area (Å²) in [6.07, 6.45) is -0.219. The van der Waals surface area contributed by atoms with Gasteiger partial charge in [0.2, 0.25) is 0 Å². The molecule has 10 heteroatoms. The van der Waals surface area contributed by atoms with Gasteiger partial charge in [-0.05, 0) is 32.0 Å². The number of imide groups is 1. The van der Waals surface area contributed by atoms with Gasteiger partial charge in [0.05, 0.1) is 19.2 Å². The molecule has 0 aliphatic carbocycles. The second-order valence-corrected chi connectivity index (χ2v) is 6.75. The highest BCUT2D eigenvalue weighted by atomic mass is 35.5.